The van der Waals surface area contributed by atoms with Crippen LogP contribution in [0.5, 0.6) is 0 Å². The average molecular weight is 443 g/mol. The van der Waals surface area contributed by atoms with Crippen LogP contribution in [-0.2, 0) is 22.1 Å². The zero-order valence-electron chi connectivity index (χ0n) is 16.8. The highest BCUT2D eigenvalue weighted by molar-refractivity contribution is 6.05. The molecule has 0 radical (unpaired) electrons. The molecule has 0 bridgehead atoms. The summed E-state index contributed by atoms with van der Waals surface area (Å²) in [5.41, 5.74) is -1.54. The van der Waals surface area contributed by atoms with Crippen LogP contribution in [-0.4, -0.2) is 36.7 Å². The zero-order valence-corrected chi connectivity index (χ0v) is 16.8. The van der Waals surface area contributed by atoms with Gasteiger partial charge in [0, 0.05) is 18.3 Å². The summed E-state index contributed by atoms with van der Waals surface area (Å²) < 4.78 is 72.9. The number of anilines is 2. The minimum atomic E-state index is -4.70. The van der Waals surface area contributed by atoms with E-state index in [9.17, 15) is 31.5 Å². The van der Waals surface area contributed by atoms with Crippen LogP contribution >= 0.6 is 0 Å². The maximum atomic E-state index is 14.7. The molecule has 3 rings (SSSR count). The Bertz CT molecular complexity index is 1040. The summed E-state index contributed by atoms with van der Waals surface area (Å²) in [4.78, 5) is 30.7. The van der Waals surface area contributed by atoms with E-state index in [1.54, 1.807) is 6.92 Å². The van der Waals surface area contributed by atoms with Gasteiger partial charge >= 0.3 is 12.3 Å². The van der Waals surface area contributed by atoms with E-state index in [4.69, 9.17) is 4.74 Å². The quantitative estimate of drug-likeness (QED) is 0.664. The van der Waals surface area contributed by atoms with Gasteiger partial charge in [-0.15, -0.1) is 0 Å². The van der Waals surface area contributed by atoms with Gasteiger partial charge in [0.15, 0.2) is 11.9 Å². The van der Waals surface area contributed by atoms with Gasteiger partial charge in [-0.05, 0) is 37.6 Å². The van der Waals surface area contributed by atoms with Gasteiger partial charge in [-0.25, -0.2) is 23.5 Å². The third kappa shape index (κ3) is 4.17. The molecule has 1 atom stereocenters. The number of carbonyl (C=O) groups is 2. The zero-order chi connectivity index (χ0) is 23.1. The van der Waals surface area contributed by atoms with E-state index in [1.165, 1.54) is 14.0 Å². The second kappa shape index (κ2) is 8.12. The normalized spacial score (nSPS) is 16.5. The lowest BCUT2D eigenvalue weighted by atomic mass is 10.1. The molecule has 2 amide bonds. The SMILES string of the molecule is CCc1c(F)ccc(N(C)C(=O)[C@@H]2COC(=O)N2c2cc(C(F)(F)F)cc(C)n2)c1F. The minimum absolute atomic E-state index is 0.0266. The number of hydrogen-bond acceptors (Lipinski definition) is 4. The maximum Gasteiger partial charge on any atom is 0.416 e. The molecule has 0 unspecified atom stereocenters. The van der Waals surface area contributed by atoms with E-state index in [-0.39, 0.29) is 23.4 Å². The van der Waals surface area contributed by atoms with E-state index in [0.717, 1.165) is 23.1 Å². The lowest BCUT2D eigenvalue weighted by Gasteiger charge is -2.26. The summed E-state index contributed by atoms with van der Waals surface area (Å²) in [6, 6.07) is 2.12. The van der Waals surface area contributed by atoms with Crippen LogP contribution in [0.25, 0.3) is 0 Å². The first kappa shape index (κ1) is 22.4. The number of rotatable bonds is 4. The van der Waals surface area contributed by atoms with Crippen molar-refractivity contribution in [3.05, 3.63) is 52.7 Å². The van der Waals surface area contributed by atoms with E-state index in [0.29, 0.717) is 11.0 Å². The molecule has 1 aromatic carbocycles. The summed E-state index contributed by atoms with van der Waals surface area (Å²) in [5.74, 6) is -2.97. The number of aryl methyl sites for hydroxylation is 1. The van der Waals surface area contributed by atoms with Gasteiger partial charge in [-0.2, -0.15) is 13.2 Å². The summed E-state index contributed by atoms with van der Waals surface area (Å²) in [5, 5.41) is 0. The lowest BCUT2D eigenvalue weighted by Crippen LogP contribution is -2.47. The number of hydrogen-bond donors (Lipinski definition) is 0. The number of ether oxygens (including phenoxy) is 1. The Balaban J connectivity index is 1.99. The van der Waals surface area contributed by atoms with Gasteiger partial charge in [0.2, 0.25) is 0 Å². The molecule has 11 heteroatoms. The molecule has 1 aliphatic rings. The van der Waals surface area contributed by atoms with Crippen molar-refractivity contribution in [2.24, 2.45) is 0 Å². The highest BCUT2D eigenvalue weighted by Crippen LogP contribution is 2.34. The third-order valence-corrected chi connectivity index (χ3v) is 4.88. The Labute approximate surface area is 174 Å². The molecule has 1 fully saturated rings. The van der Waals surface area contributed by atoms with Crippen LogP contribution < -0.4 is 9.80 Å². The Hall–Kier alpha value is -3.24. The maximum absolute atomic E-state index is 14.7. The fraction of sp³-hybridized carbons (Fsp3) is 0.350. The van der Waals surface area contributed by atoms with Gasteiger partial charge in [0.05, 0.1) is 11.3 Å². The van der Waals surface area contributed by atoms with E-state index < -0.39 is 53.8 Å². The van der Waals surface area contributed by atoms with Crippen molar-refractivity contribution in [1.82, 2.24) is 4.98 Å². The van der Waals surface area contributed by atoms with Gasteiger partial charge in [-0.1, -0.05) is 6.92 Å². The predicted octanol–water partition coefficient (Wildman–Crippen LogP) is 4.24. The van der Waals surface area contributed by atoms with Crippen LogP contribution in [0, 0.1) is 18.6 Å². The first-order valence-electron chi connectivity index (χ1n) is 9.22. The number of nitrogens with zero attached hydrogens (tertiary/aromatic N) is 3. The van der Waals surface area contributed by atoms with Crippen LogP contribution in [0.2, 0.25) is 0 Å². The smallest absolute Gasteiger partial charge is 0.416 e. The van der Waals surface area contributed by atoms with E-state index in [1.807, 2.05) is 0 Å². The topological polar surface area (TPSA) is 62.7 Å². The fourth-order valence-corrected chi connectivity index (χ4v) is 3.31. The summed E-state index contributed by atoms with van der Waals surface area (Å²) in [7, 11) is 1.21. The van der Waals surface area contributed by atoms with Gasteiger partial charge in [0.25, 0.3) is 5.91 Å². The number of halogens is 5. The molecular formula is C20H18F5N3O3. The van der Waals surface area contributed by atoms with Gasteiger partial charge in [0.1, 0.15) is 18.2 Å². The lowest BCUT2D eigenvalue weighted by molar-refractivity contribution is -0.137. The molecule has 0 aliphatic carbocycles. The number of pyridine rings is 1. The van der Waals surface area contributed by atoms with E-state index >= 15 is 0 Å². The Morgan fingerprint density at radius 3 is 2.58 bits per heavy atom. The largest absolute Gasteiger partial charge is 0.446 e. The first-order valence-corrected chi connectivity index (χ1v) is 9.22. The Kier molecular flexibility index (Phi) is 5.88. The number of amides is 2. The molecule has 1 saturated heterocycles. The van der Waals surface area contributed by atoms with Crippen molar-refractivity contribution in [3.63, 3.8) is 0 Å². The molecule has 0 spiro atoms. The molecule has 1 aromatic heterocycles. The molecular weight excluding hydrogens is 425 g/mol. The molecule has 1 aliphatic heterocycles. The number of carbonyl (C=O) groups excluding carboxylic acids is 2. The van der Waals surface area contributed by atoms with Crippen LogP contribution in [0.3, 0.4) is 0 Å². The molecule has 0 N–H and O–H groups in total. The minimum Gasteiger partial charge on any atom is -0.446 e. The molecule has 31 heavy (non-hydrogen) atoms. The van der Waals surface area contributed by atoms with Crippen molar-refractivity contribution in [2.75, 3.05) is 23.5 Å². The first-order chi connectivity index (χ1) is 14.5. The monoisotopic (exact) mass is 443 g/mol. The molecule has 6 nitrogen and oxygen atoms in total. The van der Waals surface area contributed by atoms with Crippen molar-refractivity contribution < 1.29 is 36.3 Å². The van der Waals surface area contributed by atoms with Gasteiger partial charge < -0.3 is 9.64 Å². The second-order valence-electron chi connectivity index (χ2n) is 6.93. The van der Waals surface area contributed by atoms with Crippen molar-refractivity contribution in [1.29, 1.82) is 0 Å². The molecule has 2 heterocycles. The van der Waals surface area contributed by atoms with Crippen LogP contribution in [0.15, 0.2) is 24.3 Å². The highest BCUT2D eigenvalue weighted by Gasteiger charge is 2.43. The third-order valence-electron chi connectivity index (χ3n) is 4.88. The Morgan fingerprint density at radius 1 is 1.29 bits per heavy atom. The van der Waals surface area contributed by atoms with Crippen LogP contribution in [0.1, 0.15) is 23.7 Å². The number of cyclic esters (lactones) is 1. The summed E-state index contributed by atoms with van der Waals surface area (Å²) >= 11 is 0. The second-order valence-corrected chi connectivity index (χ2v) is 6.93. The summed E-state index contributed by atoms with van der Waals surface area (Å²) in [6.07, 6.45) is -5.72. The number of alkyl halides is 3. The summed E-state index contributed by atoms with van der Waals surface area (Å²) in [6.45, 7) is 2.38. The molecule has 0 saturated carbocycles. The highest BCUT2D eigenvalue weighted by atomic mass is 19.4. The van der Waals surface area contributed by atoms with Crippen LogP contribution in [0.4, 0.5) is 38.3 Å². The molecule has 2 aromatic rings. The Morgan fingerprint density at radius 2 is 1.97 bits per heavy atom. The standard InChI is InChI=1S/C20H18F5N3O3/c1-4-12-13(21)5-6-14(17(12)22)27(3)18(29)15-9-31-19(30)28(15)16-8-11(20(23,24)25)7-10(2)26-16/h5-8,15H,4,9H2,1-3H3/t15-/m0/s1. The number of benzene rings is 1. The van der Waals surface area contributed by atoms with Crippen molar-refractivity contribution >= 4 is 23.5 Å². The van der Waals surface area contributed by atoms with Gasteiger partial charge in [-0.3, -0.25) is 4.79 Å². The predicted molar refractivity (Wildman–Crippen MR) is 101 cm³/mol. The van der Waals surface area contributed by atoms with E-state index in [2.05, 4.69) is 4.98 Å². The number of likely N-dealkylation sites (N-methyl/N-ethyl adjacent to an activating group) is 1. The molecule has 166 valence electrons. The number of aromatic nitrogens is 1. The van der Waals surface area contributed by atoms with Crippen molar-refractivity contribution in [2.45, 2.75) is 32.5 Å². The fourth-order valence-electron chi connectivity index (χ4n) is 3.31. The van der Waals surface area contributed by atoms with Crippen molar-refractivity contribution in [3.8, 4) is 0 Å². The average Bonchev–Trinajstić information content (AvgIpc) is 3.07.